The predicted octanol–water partition coefficient (Wildman–Crippen LogP) is 1.41. The minimum atomic E-state index is -0.355. The first-order chi connectivity index (χ1) is 8.24. The van der Waals surface area contributed by atoms with Crippen LogP contribution >= 0.6 is 0 Å². The first kappa shape index (κ1) is 12.6. The lowest BCUT2D eigenvalue weighted by molar-refractivity contribution is 0.137. The molecule has 3 unspecified atom stereocenters. The zero-order chi connectivity index (χ0) is 12.1. The molecule has 1 aromatic rings. The van der Waals surface area contributed by atoms with Crippen LogP contribution in [0.4, 0.5) is 0 Å². The second-order valence-corrected chi connectivity index (χ2v) is 5.26. The number of nitrogens with zero attached hydrogens (tertiary/aromatic N) is 2. The summed E-state index contributed by atoms with van der Waals surface area (Å²) >= 11 is 0. The van der Waals surface area contributed by atoms with Crippen molar-refractivity contribution >= 4 is 0 Å². The predicted molar refractivity (Wildman–Crippen MR) is 67.7 cm³/mol. The summed E-state index contributed by atoms with van der Waals surface area (Å²) < 4.78 is 1.77. The van der Waals surface area contributed by atoms with Gasteiger partial charge in [0.05, 0.1) is 12.6 Å². The third-order valence-corrected chi connectivity index (χ3v) is 3.54. The van der Waals surface area contributed by atoms with Gasteiger partial charge in [0.15, 0.2) is 0 Å². The minimum absolute atomic E-state index is 0.355. The monoisotopic (exact) mass is 237 g/mol. The summed E-state index contributed by atoms with van der Waals surface area (Å²) in [5.41, 5.74) is 0. The first-order valence-corrected chi connectivity index (χ1v) is 6.63. The summed E-state index contributed by atoms with van der Waals surface area (Å²) in [7, 11) is 0. The molecule has 17 heavy (non-hydrogen) atoms. The second kappa shape index (κ2) is 6.17. The number of hydrogen-bond acceptors (Lipinski definition) is 3. The maximum absolute atomic E-state index is 9.89. The van der Waals surface area contributed by atoms with Crippen LogP contribution in [0, 0.1) is 5.92 Å². The molecule has 0 spiro atoms. The van der Waals surface area contributed by atoms with E-state index < -0.39 is 0 Å². The zero-order valence-corrected chi connectivity index (χ0v) is 10.5. The molecule has 2 N–H and O–H groups in total. The third kappa shape index (κ3) is 4.13. The number of aromatic nitrogens is 2. The van der Waals surface area contributed by atoms with E-state index >= 15 is 0 Å². The van der Waals surface area contributed by atoms with Gasteiger partial charge in [-0.1, -0.05) is 19.8 Å². The van der Waals surface area contributed by atoms with Crippen molar-refractivity contribution in [2.75, 3.05) is 6.54 Å². The molecule has 4 heteroatoms. The fourth-order valence-corrected chi connectivity index (χ4v) is 2.61. The molecule has 3 atom stereocenters. The Balaban J connectivity index is 1.67. The smallest absolute Gasteiger partial charge is 0.0860 e. The van der Waals surface area contributed by atoms with Gasteiger partial charge < -0.3 is 10.4 Å². The fourth-order valence-electron chi connectivity index (χ4n) is 2.61. The molecule has 2 rings (SSSR count). The molecule has 4 nitrogen and oxygen atoms in total. The van der Waals surface area contributed by atoms with Gasteiger partial charge in [-0.05, 0) is 24.8 Å². The number of aliphatic hydroxyl groups excluding tert-OH is 1. The highest BCUT2D eigenvalue weighted by Crippen LogP contribution is 2.23. The molecular formula is C13H23N3O. The second-order valence-electron chi connectivity index (χ2n) is 5.26. The van der Waals surface area contributed by atoms with Gasteiger partial charge in [-0.25, -0.2) is 0 Å². The summed E-state index contributed by atoms with van der Waals surface area (Å²) in [5, 5.41) is 17.5. The Kier molecular flexibility index (Phi) is 4.57. The van der Waals surface area contributed by atoms with Gasteiger partial charge in [0.25, 0.3) is 0 Å². The molecule has 0 amide bonds. The van der Waals surface area contributed by atoms with Gasteiger partial charge >= 0.3 is 0 Å². The molecule has 1 fully saturated rings. The molecule has 1 saturated carbocycles. The van der Waals surface area contributed by atoms with E-state index in [2.05, 4.69) is 17.3 Å². The average Bonchev–Trinajstić information content (AvgIpc) is 2.79. The van der Waals surface area contributed by atoms with Gasteiger partial charge in [-0.2, -0.15) is 5.10 Å². The molecular weight excluding hydrogens is 214 g/mol. The quantitative estimate of drug-likeness (QED) is 0.814. The van der Waals surface area contributed by atoms with Crippen molar-refractivity contribution in [3.8, 4) is 0 Å². The lowest BCUT2D eigenvalue weighted by Gasteiger charge is -2.28. The summed E-state index contributed by atoms with van der Waals surface area (Å²) in [6.07, 6.45) is 8.43. The summed E-state index contributed by atoms with van der Waals surface area (Å²) in [6, 6.07) is 2.47. The van der Waals surface area contributed by atoms with E-state index in [-0.39, 0.29) is 6.10 Å². The highest BCUT2D eigenvalue weighted by Gasteiger charge is 2.19. The van der Waals surface area contributed by atoms with Crippen LogP contribution in [0.15, 0.2) is 18.5 Å². The van der Waals surface area contributed by atoms with E-state index in [4.69, 9.17) is 0 Å². The van der Waals surface area contributed by atoms with E-state index in [0.717, 1.165) is 5.92 Å². The molecule has 1 aliphatic carbocycles. The largest absolute Gasteiger partial charge is 0.390 e. The number of aliphatic hydroxyl groups is 1. The average molecular weight is 237 g/mol. The molecule has 0 radical (unpaired) electrons. The van der Waals surface area contributed by atoms with Gasteiger partial charge in [0.1, 0.15) is 0 Å². The molecule has 1 heterocycles. The summed E-state index contributed by atoms with van der Waals surface area (Å²) in [4.78, 5) is 0. The molecule has 0 saturated heterocycles. The van der Waals surface area contributed by atoms with Gasteiger partial charge in [-0.15, -0.1) is 0 Å². The maximum atomic E-state index is 9.89. The van der Waals surface area contributed by atoms with Gasteiger partial charge in [0, 0.05) is 25.0 Å². The van der Waals surface area contributed by atoms with Crippen molar-refractivity contribution in [3.05, 3.63) is 18.5 Å². The molecule has 1 aliphatic rings. The number of nitrogens with one attached hydrogen (secondary N) is 1. The zero-order valence-electron chi connectivity index (χ0n) is 10.5. The van der Waals surface area contributed by atoms with E-state index in [0.29, 0.717) is 19.1 Å². The van der Waals surface area contributed by atoms with Crippen molar-refractivity contribution in [2.45, 2.75) is 51.3 Å². The first-order valence-electron chi connectivity index (χ1n) is 6.63. The SMILES string of the molecule is CC1CCCC(NCC(O)Cn2cccn2)C1. The highest BCUT2D eigenvalue weighted by molar-refractivity contribution is 4.80. The Morgan fingerprint density at radius 1 is 1.53 bits per heavy atom. The Morgan fingerprint density at radius 3 is 3.12 bits per heavy atom. The summed E-state index contributed by atoms with van der Waals surface area (Å²) in [6.45, 7) is 3.55. The van der Waals surface area contributed by atoms with Crippen molar-refractivity contribution in [3.63, 3.8) is 0 Å². The van der Waals surface area contributed by atoms with Crippen molar-refractivity contribution in [1.82, 2.24) is 15.1 Å². The highest BCUT2D eigenvalue weighted by atomic mass is 16.3. The van der Waals surface area contributed by atoms with Crippen LogP contribution < -0.4 is 5.32 Å². The van der Waals surface area contributed by atoms with Gasteiger partial charge in [-0.3, -0.25) is 4.68 Å². The Hall–Kier alpha value is -0.870. The van der Waals surface area contributed by atoms with Crippen LogP contribution in [-0.2, 0) is 6.54 Å². The number of hydrogen-bond donors (Lipinski definition) is 2. The van der Waals surface area contributed by atoms with Crippen LogP contribution in [0.5, 0.6) is 0 Å². The van der Waals surface area contributed by atoms with E-state index in [1.165, 1.54) is 25.7 Å². The Morgan fingerprint density at radius 2 is 2.41 bits per heavy atom. The molecule has 1 aromatic heterocycles. The normalized spacial score (nSPS) is 26.9. The topological polar surface area (TPSA) is 50.1 Å². The van der Waals surface area contributed by atoms with Crippen LogP contribution in [-0.4, -0.2) is 33.6 Å². The lowest BCUT2D eigenvalue weighted by atomic mass is 9.87. The van der Waals surface area contributed by atoms with E-state index in [1.54, 1.807) is 10.9 Å². The Bertz CT molecular complexity index is 312. The molecule has 96 valence electrons. The lowest BCUT2D eigenvalue weighted by Crippen LogP contribution is -2.39. The van der Waals surface area contributed by atoms with Crippen LogP contribution in [0.1, 0.15) is 32.6 Å². The van der Waals surface area contributed by atoms with Crippen LogP contribution in [0.2, 0.25) is 0 Å². The maximum Gasteiger partial charge on any atom is 0.0860 e. The summed E-state index contributed by atoms with van der Waals surface area (Å²) in [5.74, 6) is 0.824. The van der Waals surface area contributed by atoms with Crippen LogP contribution in [0.25, 0.3) is 0 Å². The standard InChI is InChI=1S/C13H23N3O/c1-11-4-2-5-12(8-11)14-9-13(17)10-16-7-3-6-15-16/h3,6-7,11-14,17H,2,4-5,8-10H2,1H3. The van der Waals surface area contributed by atoms with Crippen molar-refractivity contribution in [1.29, 1.82) is 0 Å². The van der Waals surface area contributed by atoms with Crippen molar-refractivity contribution < 1.29 is 5.11 Å². The van der Waals surface area contributed by atoms with Crippen molar-refractivity contribution in [2.24, 2.45) is 5.92 Å². The molecule has 0 aromatic carbocycles. The third-order valence-electron chi connectivity index (χ3n) is 3.54. The molecule has 0 bridgehead atoms. The fraction of sp³-hybridized carbons (Fsp3) is 0.769. The van der Waals surface area contributed by atoms with Gasteiger partial charge in [0.2, 0.25) is 0 Å². The molecule has 0 aliphatic heterocycles. The number of rotatable bonds is 5. The van der Waals surface area contributed by atoms with E-state index in [1.807, 2.05) is 12.3 Å². The Labute approximate surface area is 103 Å². The van der Waals surface area contributed by atoms with Crippen LogP contribution in [0.3, 0.4) is 0 Å². The van der Waals surface area contributed by atoms with E-state index in [9.17, 15) is 5.11 Å². The minimum Gasteiger partial charge on any atom is -0.390 e.